The number of hydrogen-bond acceptors (Lipinski definition) is 7. The van der Waals surface area contributed by atoms with Crippen LogP contribution in [-0.2, 0) is 25.7 Å². The smallest absolute Gasteiger partial charge is 0.407 e. The number of rotatable bonds is 11. The second kappa shape index (κ2) is 13.5. The summed E-state index contributed by atoms with van der Waals surface area (Å²) in [6, 6.07) is 15.2. The van der Waals surface area contributed by atoms with E-state index in [9.17, 15) is 19.6 Å². The average molecular weight is 495 g/mol. The molecule has 1 atom stereocenters. The van der Waals surface area contributed by atoms with Crippen molar-refractivity contribution in [2.24, 2.45) is 0 Å². The molecule has 0 fully saturated rings. The Labute approximate surface area is 210 Å². The number of carboxylic acids is 1. The monoisotopic (exact) mass is 494 g/mol. The number of amides is 1. The maximum absolute atomic E-state index is 12.4. The summed E-state index contributed by atoms with van der Waals surface area (Å²) in [6.07, 6.45) is 1.83. The van der Waals surface area contributed by atoms with Gasteiger partial charge in [0, 0.05) is 18.1 Å². The Morgan fingerprint density at radius 2 is 1.86 bits per heavy atom. The highest BCUT2D eigenvalue weighted by Crippen LogP contribution is 2.22. The molecule has 1 amide bonds. The highest BCUT2D eigenvalue weighted by Gasteiger charge is 2.21. The third kappa shape index (κ3) is 10.7. The molecule has 0 saturated carbocycles. The van der Waals surface area contributed by atoms with Crippen LogP contribution in [0, 0.1) is 11.3 Å². The van der Waals surface area contributed by atoms with Crippen molar-refractivity contribution in [2.75, 3.05) is 6.61 Å². The first-order valence-corrected chi connectivity index (χ1v) is 11.3. The van der Waals surface area contributed by atoms with E-state index < -0.39 is 29.7 Å². The lowest BCUT2D eigenvalue weighted by Gasteiger charge is -2.24. The zero-order valence-corrected chi connectivity index (χ0v) is 20.5. The fourth-order valence-electron chi connectivity index (χ4n) is 2.99. The van der Waals surface area contributed by atoms with Crippen LogP contribution in [0.5, 0.6) is 5.75 Å². The van der Waals surface area contributed by atoms with Gasteiger partial charge in [-0.05, 0) is 57.0 Å². The van der Waals surface area contributed by atoms with Crippen LogP contribution in [0.4, 0.5) is 4.79 Å². The Balaban J connectivity index is 2.08. The summed E-state index contributed by atoms with van der Waals surface area (Å²) in [5, 5.41) is 20.8. The van der Waals surface area contributed by atoms with E-state index in [4.69, 9.17) is 19.3 Å². The molecule has 9 nitrogen and oxygen atoms in total. The van der Waals surface area contributed by atoms with Crippen LogP contribution >= 0.6 is 0 Å². The van der Waals surface area contributed by atoms with Gasteiger partial charge in [-0.25, -0.2) is 9.59 Å². The maximum Gasteiger partial charge on any atom is 0.407 e. The van der Waals surface area contributed by atoms with Crippen molar-refractivity contribution in [3.63, 3.8) is 0 Å². The molecule has 9 heteroatoms. The van der Waals surface area contributed by atoms with Crippen LogP contribution < -0.4 is 10.1 Å². The van der Waals surface area contributed by atoms with Crippen molar-refractivity contribution < 1.29 is 33.7 Å². The molecule has 36 heavy (non-hydrogen) atoms. The SMILES string of the molecule is CC(C)(C)OC(=O)N[C@@H](CCC(=O)OCc1ccccc1)COc1cc(C#N)ccc1C=CC(=O)O. The molecule has 190 valence electrons. The zero-order valence-electron chi connectivity index (χ0n) is 20.5. The average Bonchev–Trinajstić information content (AvgIpc) is 2.82. The number of carbonyl (C=O) groups excluding carboxylic acids is 2. The van der Waals surface area contributed by atoms with Crippen LogP contribution in [0.2, 0.25) is 0 Å². The highest BCUT2D eigenvalue weighted by molar-refractivity contribution is 5.86. The normalized spacial score (nSPS) is 11.8. The Morgan fingerprint density at radius 1 is 1.14 bits per heavy atom. The van der Waals surface area contributed by atoms with E-state index in [0.29, 0.717) is 11.1 Å². The molecule has 0 unspecified atom stereocenters. The number of ether oxygens (including phenoxy) is 3. The minimum absolute atomic E-state index is 0.0146. The quantitative estimate of drug-likeness (QED) is 0.345. The van der Waals surface area contributed by atoms with Crippen molar-refractivity contribution >= 4 is 24.1 Å². The van der Waals surface area contributed by atoms with E-state index in [0.717, 1.165) is 11.6 Å². The Morgan fingerprint density at radius 3 is 2.50 bits per heavy atom. The van der Waals surface area contributed by atoms with Crippen LogP contribution in [0.3, 0.4) is 0 Å². The Bertz CT molecular complexity index is 1120. The summed E-state index contributed by atoms with van der Waals surface area (Å²) >= 11 is 0. The summed E-state index contributed by atoms with van der Waals surface area (Å²) in [5.41, 5.74) is 0.894. The number of carbonyl (C=O) groups is 3. The fourth-order valence-corrected chi connectivity index (χ4v) is 2.99. The van der Waals surface area contributed by atoms with Gasteiger partial charge in [-0.3, -0.25) is 4.79 Å². The highest BCUT2D eigenvalue weighted by atomic mass is 16.6. The van der Waals surface area contributed by atoms with Crippen molar-refractivity contribution in [1.82, 2.24) is 5.32 Å². The molecule has 0 spiro atoms. The van der Waals surface area contributed by atoms with Crippen molar-refractivity contribution in [1.29, 1.82) is 5.26 Å². The van der Waals surface area contributed by atoms with Gasteiger partial charge in [0.25, 0.3) is 0 Å². The number of nitrogens with zero attached hydrogens (tertiary/aromatic N) is 1. The minimum Gasteiger partial charge on any atom is -0.491 e. The minimum atomic E-state index is -1.14. The Kier molecular flexibility index (Phi) is 10.5. The van der Waals surface area contributed by atoms with Crippen molar-refractivity contribution in [2.45, 2.75) is 51.9 Å². The van der Waals surface area contributed by atoms with Gasteiger partial charge in [0.1, 0.15) is 24.6 Å². The summed E-state index contributed by atoms with van der Waals surface area (Å²) in [6.45, 7) is 5.27. The Hall–Kier alpha value is -4.32. The number of aliphatic carboxylic acids is 1. The van der Waals surface area contributed by atoms with E-state index in [1.807, 2.05) is 36.4 Å². The summed E-state index contributed by atoms with van der Waals surface area (Å²) in [5.74, 6) is -1.32. The summed E-state index contributed by atoms with van der Waals surface area (Å²) in [4.78, 5) is 35.6. The second-order valence-electron chi connectivity index (χ2n) is 8.88. The van der Waals surface area contributed by atoms with Gasteiger partial charge in [0.2, 0.25) is 0 Å². The topological polar surface area (TPSA) is 135 Å². The van der Waals surface area contributed by atoms with Crippen LogP contribution in [0.25, 0.3) is 6.08 Å². The van der Waals surface area contributed by atoms with Crippen molar-refractivity contribution in [3.8, 4) is 11.8 Å². The number of nitriles is 1. The number of carboxylic acid groups (broad SMARTS) is 1. The summed E-state index contributed by atoms with van der Waals surface area (Å²) in [7, 11) is 0. The third-order valence-electron chi connectivity index (χ3n) is 4.65. The first-order valence-electron chi connectivity index (χ1n) is 11.3. The molecule has 0 radical (unpaired) electrons. The van der Waals surface area contributed by atoms with Crippen molar-refractivity contribution in [3.05, 3.63) is 71.3 Å². The first kappa shape index (κ1) is 27.9. The predicted octanol–water partition coefficient (Wildman–Crippen LogP) is 4.45. The number of benzene rings is 2. The lowest BCUT2D eigenvalue weighted by Crippen LogP contribution is -2.42. The molecule has 2 rings (SSSR count). The van der Waals surface area contributed by atoms with Gasteiger partial charge in [0.15, 0.2) is 0 Å². The van der Waals surface area contributed by atoms with Crippen LogP contribution in [0.15, 0.2) is 54.6 Å². The van der Waals surface area contributed by atoms with Crippen LogP contribution in [-0.4, -0.2) is 41.4 Å². The molecule has 0 aliphatic rings. The van der Waals surface area contributed by atoms with Gasteiger partial charge in [0.05, 0.1) is 17.7 Å². The van der Waals surface area contributed by atoms with Gasteiger partial charge >= 0.3 is 18.0 Å². The molecule has 0 aliphatic carbocycles. The summed E-state index contributed by atoms with van der Waals surface area (Å²) < 4.78 is 16.5. The van der Waals surface area contributed by atoms with E-state index in [-0.39, 0.29) is 31.8 Å². The number of esters is 1. The number of nitrogens with one attached hydrogen (secondary N) is 1. The van der Waals surface area contributed by atoms with Gasteiger partial charge in [-0.1, -0.05) is 30.3 Å². The molecule has 0 aliphatic heterocycles. The van der Waals surface area contributed by atoms with Crippen LogP contribution in [0.1, 0.15) is 50.3 Å². The molecule has 0 aromatic heterocycles. The standard InChI is InChI=1S/C27H30N2O7/c1-27(2,3)36-26(33)29-22(12-14-25(32)35-17-19-7-5-4-6-8-19)18-34-23-15-20(16-28)9-10-21(23)11-13-24(30)31/h4-11,13,15,22H,12,14,17-18H2,1-3H3,(H,29,33)(H,30,31)/t22-/m0/s1. The molecular formula is C27H30N2O7. The van der Waals surface area contributed by atoms with E-state index in [2.05, 4.69) is 5.32 Å². The third-order valence-corrected chi connectivity index (χ3v) is 4.65. The van der Waals surface area contributed by atoms with E-state index >= 15 is 0 Å². The molecule has 0 bridgehead atoms. The largest absolute Gasteiger partial charge is 0.491 e. The van der Waals surface area contributed by atoms with E-state index in [1.54, 1.807) is 26.8 Å². The molecule has 0 heterocycles. The fraction of sp³-hybridized carbons (Fsp3) is 0.333. The van der Waals surface area contributed by atoms with Gasteiger partial charge in [-0.2, -0.15) is 5.26 Å². The molecule has 2 aromatic rings. The molecule has 2 N–H and O–H groups in total. The molecule has 0 saturated heterocycles. The van der Waals surface area contributed by atoms with Gasteiger partial charge in [-0.15, -0.1) is 0 Å². The number of hydrogen-bond donors (Lipinski definition) is 2. The lowest BCUT2D eigenvalue weighted by atomic mass is 10.1. The molecule has 2 aromatic carbocycles. The zero-order chi connectivity index (χ0) is 26.6. The van der Waals surface area contributed by atoms with Gasteiger partial charge < -0.3 is 24.6 Å². The molecular weight excluding hydrogens is 464 g/mol. The van der Waals surface area contributed by atoms with E-state index in [1.165, 1.54) is 18.2 Å². The maximum atomic E-state index is 12.4. The second-order valence-corrected chi connectivity index (χ2v) is 8.88. The number of alkyl carbamates (subject to hydrolysis) is 1. The first-order chi connectivity index (χ1) is 17.1. The lowest BCUT2D eigenvalue weighted by molar-refractivity contribution is -0.145. The predicted molar refractivity (Wildman–Crippen MR) is 132 cm³/mol.